The minimum Gasteiger partial charge on any atom is -0.451 e. The summed E-state index contributed by atoms with van der Waals surface area (Å²) < 4.78 is 23.3. The topological polar surface area (TPSA) is 64.6 Å². The highest BCUT2D eigenvalue weighted by Gasteiger charge is 2.22. The minimum atomic E-state index is -0.892. The Bertz CT molecular complexity index is 545. The van der Waals surface area contributed by atoms with Crippen molar-refractivity contribution in [2.45, 2.75) is 52.7 Å². The van der Waals surface area contributed by atoms with E-state index < -0.39 is 18.2 Å². The van der Waals surface area contributed by atoms with E-state index >= 15 is 0 Å². The molecule has 1 aromatic carbocycles. The average molecular weight is 353 g/mol. The first-order valence-electron chi connectivity index (χ1n) is 8.63. The summed E-state index contributed by atoms with van der Waals surface area (Å²) in [4.78, 5) is 23.9. The Morgan fingerprint density at radius 1 is 1.08 bits per heavy atom. The molecule has 0 radical (unpaired) electrons. The molecule has 1 aromatic rings. The van der Waals surface area contributed by atoms with Crippen molar-refractivity contribution in [3.05, 3.63) is 35.6 Å². The van der Waals surface area contributed by atoms with E-state index in [9.17, 15) is 14.0 Å². The van der Waals surface area contributed by atoms with Gasteiger partial charge in [0.1, 0.15) is 5.82 Å². The second-order valence-electron chi connectivity index (χ2n) is 6.44. The van der Waals surface area contributed by atoms with Crippen LogP contribution in [0.3, 0.4) is 0 Å². The molecule has 0 fully saturated rings. The van der Waals surface area contributed by atoms with Gasteiger partial charge in [-0.05, 0) is 50.3 Å². The highest BCUT2D eigenvalue weighted by Crippen LogP contribution is 2.05. The number of carbonyl (C=O) groups is 2. The lowest BCUT2D eigenvalue weighted by Crippen LogP contribution is -2.39. The molecule has 1 N–H and O–H groups in total. The van der Waals surface area contributed by atoms with Gasteiger partial charge in [-0.2, -0.15) is 0 Å². The summed E-state index contributed by atoms with van der Waals surface area (Å²) in [5, 5.41) is 2.70. The molecule has 6 heteroatoms. The Morgan fingerprint density at radius 2 is 1.72 bits per heavy atom. The van der Waals surface area contributed by atoms with Crippen molar-refractivity contribution in [3.8, 4) is 0 Å². The second kappa shape index (κ2) is 10.8. The number of hydrogen-bond acceptors (Lipinski definition) is 4. The van der Waals surface area contributed by atoms with Crippen LogP contribution in [0.2, 0.25) is 0 Å². The molecule has 2 unspecified atom stereocenters. The van der Waals surface area contributed by atoms with Crippen LogP contribution in [0.5, 0.6) is 0 Å². The Morgan fingerprint density at radius 3 is 2.32 bits per heavy atom. The predicted molar refractivity (Wildman–Crippen MR) is 93.5 cm³/mol. The van der Waals surface area contributed by atoms with E-state index in [1.54, 1.807) is 19.1 Å². The lowest BCUT2D eigenvalue weighted by Gasteiger charge is -2.17. The maximum absolute atomic E-state index is 12.8. The van der Waals surface area contributed by atoms with Gasteiger partial charge in [0.15, 0.2) is 12.2 Å². The van der Waals surface area contributed by atoms with Crippen LogP contribution in [0.25, 0.3) is 0 Å². The van der Waals surface area contributed by atoms with Gasteiger partial charge in [-0.25, -0.2) is 9.18 Å². The van der Waals surface area contributed by atoms with Crippen LogP contribution >= 0.6 is 0 Å². The molecule has 0 bridgehead atoms. The van der Waals surface area contributed by atoms with Crippen molar-refractivity contribution in [3.63, 3.8) is 0 Å². The molecule has 0 saturated heterocycles. The predicted octanol–water partition coefficient (Wildman–Crippen LogP) is 2.87. The van der Waals surface area contributed by atoms with E-state index in [1.165, 1.54) is 19.1 Å². The standard InChI is InChI=1S/C19H28FNO4/c1-13(2)10-12-24-15(4)19(23)25-14(3)18(22)21-11-9-16-5-7-17(20)8-6-16/h5-8,13-15H,9-12H2,1-4H3,(H,21,22). The third-order valence-electron chi connectivity index (χ3n) is 3.68. The number of benzene rings is 1. The van der Waals surface area contributed by atoms with Crippen molar-refractivity contribution in [2.75, 3.05) is 13.2 Å². The SMILES string of the molecule is CC(C)CCOC(C)C(=O)OC(C)C(=O)NCCc1ccc(F)cc1. The molecule has 0 heterocycles. The molecule has 140 valence electrons. The maximum atomic E-state index is 12.8. The van der Waals surface area contributed by atoms with Gasteiger partial charge in [-0.15, -0.1) is 0 Å². The summed E-state index contributed by atoms with van der Waals surface area (Å²) in [6, 6.07) is 6.09. The monoisotopic (exact) mass is 353 g/mol. The molecular formula is C19H28FNO4. The fraction of sp³-hybridized carbons (Fsp3) is 0.579. The number of halogens is 1. The zero-order chi connectivity index (χ0) is 18.8. The maximum Gasteiger partial charge on any atom is 0.335 e. The summed E-state index contributed by atoms with van der Waals surface area (Å²) in [6.07, 6.45) is -0.164. The number of hydrogen-bond donors (Lipinski definition) is 1. The Labute approximate surface area is 148 Å². The van der Waals surface area contributed by atoms with Gasteiger partial charge in [0.05, 0.1) is 0 Å². The van der Waals surface area contributed by atoms with Gasteiger partial charge in [0.25, 0.3) is 5.91 Å². The lowest BCUT2D eigenvalue weighted by molar-refractivity contribution is -0.165. The zero-order valence-corrected chi connectivity index (χ0v) is 15.4. The number of amides is 1. The van der Waals surface area contributed by atoms with E-state index in [0.29, 0.717) is 25.5 Å². The van der Waals surface area contributed by atoms with Crippen LogP contribution in [0, 0.1) is 11.7 Å². The summed E-state index contributed by atoms with van der Waals surface area (Å²) in [7, 11) is 0. The molecule has 0 spiro atoms. The van der Waals surface area contributed by atoms with Crippen molar-refractivity contribution >= 4 is 11.9 Å². The molecule has 2 atom stereocenters. The fourth-order valence-corrected chi connectivity index (χ4v) is 2.00. The summed E-state index contributed by atoms with van der Waals surface area (Å²) in [5.74, 6) is -0.720. The first-order chi connectivity index (χ1) is 11.8. The first kappa shape index (κ1) is 21.1. The van der Waals surface area contributed by atoms with Crippen LogP contribution in [0.4, 0.5) is 4.39 Å². The normalized spacial score (nSPS) is 13.4. The van der Waals surface area contributed by atoms with E-state index in [1.807, 2.05) is 0 Å². The zero-order valence-electron chi connectivity index (χ0n) is 15.4. The molecule has 1 rings (SSSR count). The third kappa shape index (κ3) is 8.63. The second-order valence-corrected chi connectivity index (χ2v) is 6.44. The van der Waals surface area contributed by atoms with Crippen molar-refractivity contribution in [1.29, 1.82) is 0 Å². The van der Waals surface area contributed by atoms with Crippen LogP contribution in [-0.4, -0.2) is 37.2 Å². The molecule has 0 aliphatic rings. The molecule has 5 nitrogen and oxygen atoms in total. The van der Waals surface area contributed by atoms with Crippen LogP contribution in [-0.2, 0) is 25.5 Å². The van der Waals surface area contributed by atoms with Gasteiger partial charge in [-0.1, -0.05) is 26.0 Å². The minimum absolute atomic E-state index is 0.293. The Balaban J connectivity index is 2.28. The smallest absolute Gasteiger partial charge is 0.335 e. The van der Waals surface area contributed by atoms with Gasteiger partial charge in [0, 0.05) is 13.2 Å². The number of carbonyl (C=O) groups excluding carboxylic acids is 2. The fourth-order valence-electron chi connectivity index (χ4n) is 2.00. The quantitative estimate of drug-likeness (QED) is 0.657. The average Bonchev–Trinajstić information content (AvgIpc) is 2.55. The van der Waals surface area contributed by atoms with Gasteiger partial charge in [-0.3, -0.25) is 4.79 Å². The summed E-state index contributed by atoms with van der Waals surface area (Å²) in [5.41, 5.74) is 0.915. The number of esters is 1. The summed E-state index contributed by atoms with van der Waals surface area (Å²) >= 11 is 0. The van der Waals surface area contributed by atoms with Crippen LogP contribution in [0.1, 0.15) is 39.7 Å². The molecule has 1 amide bonds. The number of ether oxygens (including phenoxy) is 2. The summed E-state index contributed by atoms with van der Waals surface area (Å²) in [6.45, 7) is 8.14. The highest BCUT2D eigenvalue weighted by atomic mass is 19.1. The molecule has 0 aromatic heterocycles. The molecule has 0 saturated carbocycles. The van der Waals surface area contributed by atoms with Gasteiger partial charge in [0.2, 0.25) is 0 Å². The van der Waals surface area contributed by atoms with E-state index in [-0.39, 0.29) is 11.7 Å². The van der Waals surface area contributed by atoms with Gasteiger partial charge < -0.3 is 14.8 Å². The van der Waals surface area contributed by atoms with Gasteiger partial charge >= 0.3 is 5.97 Å². The van der Waals surface area contributed by atoms with E-state index in [2.05, 4.69) is 19.2 Å². The van der Waals surface area contributed by atoms with E-state index in [0.717, 1.165) is 12.0 Å². The number of nitrogens with one attached hydrogen (secondary N) is 1. The van der Waals surface area contributed by atoms with E-state index in [4.69, 9.17) is 9.47 Å². The Hall–Kier alpha value is -1.95. The molecule has 25 heavy (non-hydrogen) atoms. The number of rotatable bonds is 10. The third-order valence-corrected chi connectivity index (χ3v) is 3.68. The van der Waals surface area contributed by atoms with Crippen molar-refractivity contribution in [2.24, 2.45) is 5.92 Å². The lowest BCUT2D eigenvalue weighted by atomic mass is 10.1. The molecule has 0 aliphatic heterocycles. The van der Waals surface area contributed by atoms with Crippen LogP contribution in [0.15, 0.2) is 24.3 Å². The first-order valence-corrected chi connectivity index (χ1v) is 8.63. The van der Waals surface area contributed by atoms with Crippen LogP contribution < -0.4 is 5.32 Å². The molecule has 0 aliphatic carbocycles. The van der Waals surface area contributed by atoms with Crippen molar-refractivity contribution < 1.29 is 23.5 Å². The Kier molecular flexibility index (Phi) is 9.13. The van der Waals surface area contributed by atoms with Crippen molar-refractivity contribution in [1.82, 2.24) is 5.32 Å². The highest BCUT2D eigenvalue weighted by molar-refractivity contribution is 5.84. The molecular weight excluding hydrogens is 325 g/mol. The largest absolute Gasteiger partial charge is 0.451 e.